The minimum atomic E-state index is -0.389. The van der Waals surface area contributed by atoms with E-state index in [-0.39, 0.29) is 11.2 Å². The second kappa shape index (κ2) is 9.98. The Kier molecular flexibility index (Phi) is 7.10. The SMILES string of the molecule is O=c1cc(CCN2CCC(Cc3cc(Cl)ccc3Br)CC2)[nH]c(=O)n1-c1ccccc1. The van der Waals surface area contributed by atoms with E-state index in [0.29, 0.717) is 23.7 Å². The fourth-order valence-electron chi connectivity index (χ4n) is 4.20. The van der Waals surface area contributed by atoms with Crippen molar-refractivity contribution in [2.24, 2.45) is 5.92 Å². The van der Waals surface area contributed by atoms with Gasteiger partial charge < -0.3 is 9.88 Å². The summed E-state index contributed by atoms with van der Waals surface area (Å²) in [6, 6.07) is 16.5. The third kappa shape index (κ3) is 5.56. The number of H-pyrrole nitrogens is 1. The van der Waals surface area contributed by atoms with Gasteiger partial charge in [0.25, 0.3) is 5.56 Å². The van der Waals surface area contributed by atoms with Crippen LogP contribution in [0.1, 0.15) is 24.1 Å². The summed E-state index contributed by atoms with van der Waals surface area (Å²) in [6.45, 7) is 2.88. The molecule has 31 heavy (non-hydrogen) atoms. The minimum Gasteiger partial charge on any atom is -0.311 e. The first kappa shape index (κ1) is 22.1. The third-order valence-corrected chi connectivity index (χ3v) is 6.93. The van der Waals surface area contributed by atoms with Gasteiger partial charge in [0.1, 0.15) is 0 Å². The van der Waals surface area contributed by atoms with E-state index in [0.717, 1.165) is 48.4 Å². The summed E-state index contributed by atoms with van der Waals surface area (Å²) >= 11 is 9.77. The van der Waals surface area contributed by atoms with Crippen molar-refractivity contribution in [1.82, 2.24) is 14.5 Å². The number of aromatic amines is 1. The Morgan fingerprint density at radius 2 is 1.77 bits per heavy atom. The molecular formula is C24H25BrClN3O2. The van der Waals surface area contributed by atoms with Crippen LogP contribution in [0.25, 0.3) is 5.69 Å². The highest BCUT2D eigenvalue weighted by molar-refractivity contribution is 9.10. The number of nitrogens with zero attached hydrogens (tertiary/aromatic N) is 2. The predicted octanol–water partition coefficient (Wildman–Crippen LogP) is 4.44. The van der Waals surface area contributed by atoms with Crippen molar-refractivity contribution in [1.29, 1.82) is 0 Å². The lowest BCUT2D eigenvalue weighted by atomic mass is 9.90. The number of nitrogens with one attached hydrogen (secondary N) is 1. The molecule has 3 aromatic rings. The molecule has 1 aliphatic rings. The Morgan fingerprint density at radius 1 is 1.03 bits per heavy atom. The minimum absolute atomic E-state index is 0.296. The molecule has 162 valence electrons. The lowest BCUT2D eigenvalue weighted by Crippen LogP contribution is -2.37. The molecule has 7 heteroatoms. The molecule has 1 N–H and O–H groups in total. The first-order valence-electron chi connectivity index (χ1n) is 10.6. The van der Waals surface area contributed by atoms with Gasteiger partial charge in [-0.1, -0.05) is 45.7 Å². The van der Waals surface area contributed by atoms with E-state index < -0.39 is 0 Å². The Bertz CT molecular complexity index is 1120. The van der Waals surface area contributed by atoms with Gasteiger partial charge in [0.15, 0.2) is 0 Å². The quantitative estimate of drug-likeness (QED) is 0.542. The van der Waals surface area contributed by atoms with Crippen molar-refractivity contribution in [2.45, 2.75) is 25.7 Å². The van der Waals surface area contributed by atoms with Crippen molar-refractivity contribution in [2.75, 3.05) is 19.6 Å². The van der Waals surface area contributed by atoms with Crippen molar-refractivity contribution < 1.29 is 0 Å². The molecule has 0 bridgehead atoms. The average molecular weight is 503 g/mol. The molecule has 0 atom stereocenters. The summed E-state index contributed by atoms with van der Waals surface area (Å²) < 4.78 is 2.29. The number of hydrogen-bond acceptors (Lipinski definition) is 3. The van der Waals surface area contributed by atoms with E-state index in [1.54, 1.807) is 12.1 Å². The molecule has 1 aliphatic heterocycles. The Labute approximate surface area is 194 Å². The van der Waals surface area contributed by atoms with Crippen molar-refractivity contribution >= 4 is 27.5 Å². The molecule has 2 heterocycles. The van der Waals surface area contributed by atoms with Gasteiger partial charge in [0, 0.05) is 34.2 Å². The molecule has 0 radical (unpaired) electrons. The maximum absolute atomic E-state index is 12.5. The molecule has 0 aliphatic carbocycles. The lowest BCUT2D eigenvalue weighted by Gasteiger charge is -2.32. The van der Waals surface area contributed by atoms with Crippen LogP contribution in [0, 0.1) is 5.92 Å². The Hall–Kier alpha value is -2.15. The van der Waals surface area contributed by atoms with E-state index in [2.05, 4.69) is 25.8 Å². The van der Waals surface area contributed by atoms with Gasteiger partial charge in [0.2, 0.25) is 0 Å². The molecule has 0 spiro atoms. The van der Waals surface area contributed by atoms with Crippen LogP contribution in [0.2, 0.25) is 5.02 Å². The monoisotopic (exact) mass is 501 g/mol. The first-order valence-corrected chi connectivity index (χ1v) is 11.7. The van der Waals surface area contributed by atoms with Crippen LogP contribution in [0.5, 0.6) is 0 Å². The number of halogens is 2. The van der Waals surface area contributed by atoms with Crippen molar-refractivity contribution in [3.8, 4) is 5.69 Å². The third-order valence-electron chi connectivity index (χ3n) is 5.92. The molecular weight excluding hydrogens is 478 g/mol. The number of aromatic nitrogens is 2. The summed E-state index contributed by atoms with van der Waals surface area (Å²) in [6.07, 6.45) is 3.95. The van der Waals surface area contributed by atoms with Crippen LogP contribution in [-0.2, 0) is 12.8 Å². The van der Waals surface area contributed by atoms with Gasteiger partial charge in [-0.3, -0.25) is 4.79 Å². The normalized spacial score (nSPS) is 15.3. The van der Waals surface area contributed by atoms with Crippen molar-refractivity contribution in [3.63, 3.8) is 0 Å². The zero-order chi connectivity index (χ0) is 21.8. The largest absolute Gasteiger partial charge is 0.333 e. The summed E-state index contributed by atoms with van der Waals surface area (Å²) in [5.74, 6) is 0.639. The molecule has 0 saturated carbocycles. The predicted molar refractivity (Wildman–Crippen MR) is 128 cm³/mol. The van der Waals surface area contributed by atoms with Crippen LogP contribution >= 0.6 is 27.5 Å². The fourth-order valence-corrected chi connectivity index (χ4v) is 4.81. The van der Waals surface area contributed by atoms with Crippen LogP contribution in [0.15, 0.2) is 68.7 Å². The van der Waals surface area contributed by atoms with E-state index in [1.165, 1.54) is 16.2 Å². The van der Waals surface area contributed by atoms with E-state index in [9.17, 15) is 9.59 Å². The van der Waals surface area contributed by atoms with Crippen molar-refractivity contribution in [3.05, 3.63) is 96.2 Å². The van der Waals surface area contributed by atoms with Gasteiger partial charge in [0.05, 0.1) is 5.69 Å². The number of hydrogen-bond donors (Lipinski definition) is 1. The van der Waals surface area contributed by atoms with Gasteiger partial charge in [-0.05, 0) is 74.2 Å². The maximum atomic E-state index is 12.5. The lowest BCUT2D eigenvalue weighted by molar-refractivity contribution is 0.185. The standard InChI is InChI=1S/C24H25BrClN3O2/c25-22-7-6-19(26)15-18(22)14-17-8-11-28(12-9-17)13-10-20-16-23(30)29(24(31)27-20)21-4-2-1-3-5-21/h1-7,15-17H,8-14H2,(H,27,31). The Balaban J connectivity index is 1.32. The summed E-state index contributed by atoms with van der Waals surface area (Å²) in [7, 11) is 0. The van der Waals surface area contributed by atoms with Crippen LogP contribution in [0.4, 0.5) is 0 Å². The summed E-state index contributed by atoms with van der Waals surface area (Å²) in [4.78, 5) is 30.2. The molecule has 1 aromatic heterocycles. The Morgan fingerprint density at radius 3 is 2.48 bits per heavy atom. The van der Waals surface area contributed by atoms with Gasteiger partial charge >= 0.3 is 5.69 Å². The number of para-hydroxylation sites is 1. The molecule has 1 saturated heterocycles. The van der Waals surface area contributed by atoms with Gasteiger partial charge in [-0.25, -0.2) is 9.36 Å². The second-order valence-electron chi connectivity index (χ2n) is 8.08. The molecule has 5 nitrogen and oxygen atoms in total. The van der Waals surface area contributed by atoms with Gasteiger partial charge in [-0.2, -0.15) is 0 Å². The zero-order valence-corrected chi connectivity index (χ0v) is 19.5. The number of rotatable bonds is 6. The highest BCUT2D eigenvalue weighted by Crippen LogP contribution is 2.28. The molecule has 2 aromatic carbocycles. The topological polar surface area (TPSA) is 58.1 Å². The van der Waals surface area contributed by atoms with E-state index >= 15 is 0 Å². The van der Waals surface area contributed by atoms with E-state index in [4.69, 9.17) is 11.6 Å². The van der Waals surface area contributed by atoms with Crippen LogP contribution in [0.3, 0.4) is 0 Å². The highest BCUT2D eigenvalue weighted by atomic mass is 79.9. The number of piperidine rings is 1. The summed E-state index contributed by atoms with van der Waals surface area (Å²) in [5.41, 5.74) is 1.85. The van der Waals surface area contributed by atoms with Crippen LogP contribution in [-0.4, -0.2) is 34.1 Å². The van der Waals surface area contributed by atoms with Gasteiger partial charge in [-0.15, -0.1) is 0 Å². The fraction of sp³-hybridized carbons (Fsp3) is 0.333. The number of likely N-dealkylation sites (tertiary alicyclic amines) is 1. The molecule has 4 rings (SSSR count). The molecule has 1 fully saturated rings. The molecule has 0 amide bonds. The van der Waals surface area contributed by atoms with Crippen LogP contribution < -0.4 is 11.2 Å². The smallest absolute Gasteiger partial charge is 0.311 e. The molecule has 0 unspecified atom stereocenters. The highest BCUT2D eigenvalue weighted by Gasteiger charge is 2.20. The zero-order valence-electron chi connectivity index (χ0n) is 17.2. The maximum Gasteiger partial charge on any atom is 0.333 e. The van der Waals surface area contributed by atoms with E-state index in [1.807, 2.05) is 36.4 Å². The second-order valence-corrected chi connectivity index (χ2v) is 9.37. The summed E-state index contributed by atoms with van der Waals surface area (Å²) in [5, 5.41) is 0.777. The average Bonchev–Trinajstić information content (AvgIpc) is 2.76. The first-order chi connectivity index (χ1) is 15.0. The number of benzene rings is 2.